The lowest BCUT2D eigenvalue weighted by molar-refractivity contribution is 0.0527. The quantitative estimate of drug-likeness (QED) is 0.674. The molecule has 0 atom stereocenters. The number of halogens is 1. The van der Waals surface area contributed by atoms with Crippen molar-refractivity contribution in [3.8, 4) is 5.75 Å². The zero-order valence-electron chi connectivity index (χ0n) is 13.5. The summed E-state index contributed by atoms with van der Waals surface area (Å²) in [5.74, 6) is -0.263. The van der Waals surface area contributed by atoms with Crippen LogP contribution >= 0.6 is 15.9 Å². The molecule has 0 spiro atoms. The van der Waals surface area contributed by atoms with Crippen LogP contribution in [0, 0.1) is 0 Å². The maximum atomic E-state index is 12.6. The third-order valence-corrected chi connectivity index (χ3v) is 4.72. The molecule has 0 aliphatic rings. The van der Waals surface area contributed by atoms with Crippen LogP contribution in [0.5, 0.6) is 5.75 Å². The number of ether oxygens (including phenoxy) is 1. The first-order chi connectivity index (χ1) is 11.5. The zero-order valence-corrected chi connectivity index (χ0v) is 15.1. The maximum absolute atomic E-state index is 12.6. The lowest BCUT2D eigenvalue weighted by Gasteiger charge is -2.08. The molecule has 2 aromatic carbocycles. The van der Waals surface area contributed by atoms with E-state index in [1.807, 2.05) is 48.0 Å². The van der Waals surface area contributed by atoms with Crippen LogP contribution in [0.1, 0.15) is 28.5 Å². The Balaban J connectivity index is 2.23. The summed E-state index contributed by atoms with van der Waals surface area (Å²) in [5.41, 5.74) is 3.36. The van der Waals surface area contributed by atoms with E-state index in [9.17, 15) is 9.90 Å². The summed E-state index contributed by atoms with van der Waals surface area (Å²) in [4.78, 5) is 12.6. The van der Waals surface area contributed by atoms with Gasteiger partial charge in [0.15, 0.2) is 0 Å². The number of hydrogen-bond donors (Lipinski definition) is 1. The molecule has 0 aliphatic carbocycles. The highest BCUT2D eigenvalue weighted by Crippen LogP contribution is 2.35. The van der Waals surface area contributed by atoms with Gasteiger partial charge in [-0.1, -0.05) is 30.3 Å². The molecule has 0 unspecified atom stereocenters. The summed E-state index contributed by atoms with van der Waals surface area (Å²) < 4.78 is 7.83. The van der Waals surface area contributed by atoms with E-state index in [2.05, 4.69) is 15.9 Å². The Labute approximate surface area is 148 Å². The Morgan fingerprint density at radius 1 is 1.25 bits per heavy atom. The molecule has 0 saturated carbocycles. The van der Waals surface area contributed by atoms with Crippen molar-refractivity contribution in [3.05, 3.63) is 63.8 Å². The van der Waals surface area contributed by atoms with E-state index >= 15 is 0 Å². The summed E-state index contributed by atoms with van der Waals surface area (Å²) in [6.07, 6.45) is 0.610. The van der Waals surface area contributed by atoms with Crippen LogP contribution in [-0.2, 0) is 18.2 Å². The van der Waals surface area contributed by atoms with Crippen LogP contribution in [0.25, 0.3) is 10.9 Å². The minimum Gasteiger partial charge on any atom is -0.507 e. The second-order valence-corrected chi connectivity index (χ2v) is 6.44. The molecule has 0 saturated heterocycles. The van der Waals surface area contributed by atoms with Gasteiger partial charge >= 0.3 is 5.97 Å². The van der Waals surface area contributed by atoms with Gasteiger partial charge in [-0.3, -0.25) is 0 Å². The van der Waals surface area contributed by atoms with E-state index in [1.165, 1.54) is 0 Å². The molecular weight excluding hydrogens is 370 g/mol. The Kier molecular flexibility index (Phi) is 4.62. The fourth-order valence-electron chi connectivity index (χ4n) is 2.92. The van der Waals surface area contributed by atoms with Crippen molar-refractivity contribution in [3.63, 3.8) is 0 Å². The Hall–Kier alpha value is -2.27. The number of aromatic nitrogens is 1. The van der Waals surface area contributed by atoms with Gasteiger partial charge < -0.3 is 14.4 Å². The highest BCUT2D eigenvalue weighted by atomic mass is 79.9. The van der Waals surface area contributed by atoms with Gasteiger partial charge in [-0.15, -0.1) is 0 Å². The van der Waals surface area contributed by atoms with Crippen LogP contribution < -0.4 is 0 Å². The fraction of sp³-hybridized carbons (Fsp3) is 0.211. The number of aryl methyl sites for hydroxylation is 1. The minimum absolute atomic E-state index is 0.102. The first kappa shape index (κ1) is 16.6. The van der Waals surface area contributed by atoms with Crippen LogP contribution in [0.4, 0.5) is 0 Å². The van der Waals surface area contributed by atoms with Crippen molar-refractivity contribution >= 4 is 32.8 Å². The van der Waals surface area contributed by atoms with E-state index in [1.54, 1.807) is 13.0 Å². The smallest absolute Gasteiger partial charge is 0.340 e. The molecule has 1 aromatic heterocycles. The average Bonchev–Trinajstić information content (AvgIpc) is 2.82. The van der Waals surface area contributed by atoms with Gasteiger partial charge in [-0.2, -0.15) is 0 Å². The van der Waals surface area contributed by atoms with Gasteiger partial charge in [0.05, 0.1) is 22.2 Å². The Morgan fingerprint density at radius 3 is 2.62 bits per heavy atom. The molecule has 124 valence electrons. The van der Waals surface area contributed by atoms with Gasteiger partial charge in [-0.25, -0.2) is 4.79 Å². The minimum atomic E-state index is -0.365. The van der Waals surface area contributed by atoms with E-state index < -0.39 is 0 Å². The van der Waals surface area contributed by atoms with E-state index in [4.69, 9.17) is 4.74 Å². The van der Waals surface area contributed by atoms with Gasteiger partial charge in [0.25, 0.3) is 0 Å². The molecule has 0 aliphatic heterocycles. The number of phenols is 1. The van der Waals surface area contributed by atoms with Gasteiger partial charge in [0.2, 0.25) is 0 Å². The number of esters is 1. The molecular formula is C19H18BrNO3. The molecule has 3 rings (SSSR count). The molecule has 24 heavy (non-hydrogen) atoms. The van der Waals surface area contributed by atoms with Gasteiger partial charge in [0, 0.05) is 24.5 Å². The largest absolute Gasteiger partial charge is 0.507 e. The number of hydrogen-bond acceptors (Lipinski definition) is 3. The second kappa shape index (κ2) is 6.69. The van der Waals surface area contributed by atoms with E-state index in [0.717, 1.165) is 16.8 Å². The highest BCUT2D eigenvalue weighted by molar-refractivity contribution is 9.10. The van der Waals surface area contributed by atoms with Crippen molar-refractivity contribution in [2.75, 3.05) is 6.61 Å². The first-order valence-corrected chi connectivity index (χ1v) is 8.53. The number of nitrogens with zero attached hydrogens (tertiary/aromatic N) is 1. The number of rotatable bonds is 4. The van der Waals surface area contributed by atoms with Gasteiger partial charge in [0.1, 0.15) is 5.75 Å². The van der Waals surface area contributed by atoms with Crippen molar-refractivity contribution in [2.45, 2.75) is 13.3 Å². The predicted octanol–water partition coefficient (Wildman–Crippen LogP) is 4.41. The average molecular weight is 388 g/mol. The van der Waals surface area contributed by atoms with Gasteiger partial charge in [-0.05, 0) is 40.5 Å². The van der Waals surface area contributed by atoms with Crippen molar-refractivity contribution < 1.29 is 14.6 Å². The third kappa shape index (κ3) is 2.91. The molecule has 1 heterocycles. The van der Waals surface area contributed by atoms with Crippen molar-refractivity contribution in [2.24, 2.45) is 7.05 Å². The molecule has 1 N–H and O–H groups in total. The lowest BCUT2D eigenvalue weighted by Crippen LogP contribution is -2.09. The Bertz CT molecular complexity index is 900. The number of fused-ring (bicyclic) bond motifs is 1. The van der Waals surface area contributed by atoms with E-state index in [-0.39, 0.29) is 11.7 Å². The zero-order chi connectivity index (χ0) is 17.3. The summed E-state index contributed by atoms with van der Waals surface area (Å²) in [7, 11) is 1.92. The number of carbonyl (C=O) groups excluding carboxylic acids is 1. The molecule has 0 amide bonds. The van der Waals surface area contributed by atoms with Crippen LogP contribution in [-0.4, -0.2) is 22.2 Å². The highest BCUT2D eigenvalue weighted by Gasteiger charge is 2.23. The van der Waals surface area contributed by atoms with E-state index in [0.29, 0.717) is 28.5 Å². The fourth-order valence-corrected chi connectivity index (χ4v) is 3.26. The summed E-state index contributed by atoms with van der Waals surface area (Å²) in [5, 5.41) is 10.7. The van der Waals surface area contributed by atoms with Crippen molar-refractivity contribution in [1.29, 1.82) is 0 Å². The first-order valence-electron chi connectivity index (χ1n) is 7.73. The molecule has 0 radical (unpaired) electrons. The van der Waals surface area contributed by atoms with Crippen LogP contribution in [0.2, 0.25) is 0 Å². The van der Waals surface area contributed by atoms with Crippen LogP contribution in [0.3, 0.4) is 0 Å². The molecule has 5 heteroatoms. The molecule has 4 nitrogen and oxygen atoms in total. The van der Waals surface area contributed by atoms with Crippen LogP contribution in [0.15, 0.2) is 46.9 Å². The molecule has 0 fully saturated rings. The SMILES string of the molecule is CCOC(=O)c1c(Cc2ccccc2)n(C)c2cc(Br)c(O)cc12. The monoisotopic (exact) mass is 387 g/mol. The standard InChI is InChI=1S/C19H18BrNO3/c1-3-24-19(23)18-13-10-17(22)14(20)11-15(13)21(2)16(18)9-12-7-5-4-6-8-12/h4-8,10-11,22H,3,9H2,1-2H3. The predicted molar refractivity (Wildman–Crippen MR) is 97.5 cm³/mol. The lowest BCUT2D eigenvalue weighted by atomic mass is 10.0. The normalized spacial score (nSPS) is 11.0. The Morgan fingerprint density at radius 2 is 1.96 bits per heavy atom. The number of aromatic hydroxyl groups is 1. The number of carbonyl (C=O) groups is 1. The summed E-state index contributed by atoms with van der Waals surface area (Å²) in [6, 6.07) is 13.4. The number of phenolic OH excluding ortho intramolecular Hbond substituents is 1. The summed E-state index contributed by atoms with van der Waals surface area (Å²) >= 11 is 3.34. The summed E-state index contributed by atoms with van der Waals surface area (Å²) in [6.45, 7) is 2.09. The van der Waals surface area contributed by atoms with Crippen molar-refractivity contribution in [1.82, 2.24) is 4.57 Å². The topological polar surface area (TPSA) is 51.5 Å². The maximum Gasteiger partial charge on any atom is 0.340 e. The number of benzene rings is 2. The molecule has 3 aromatic rings. The third-order valence-electron chi connectivity index (χ3n) is 4.08. The molecule has 0 bridgehead atoms. The second-order valence-electron chi connectivity index (χ2n) is 5.58.